The van der Waals surface area contributed by atoms with Crippen molar-refractivity contribution in [3.05, 3.63) is 63.8 Å². The number of carbonyl (C=O) groups excluding carboxylic acids is 1. The minimum atomic E-state index is -0.563. The quantitative estimate of drug-likeness (QED) is 0.338. The van der Waals surface area contributed by atoms with E-state index in [0.29, 0.717) is 43.6 Å². The van der Waals surface area contributed by atoms with E-state index in [1.807, 2.05) is 39.0 Å². The molecule has 1 N–H and O–H groups in total. The van der Waals surface area contributed by atoms with Crippen LogP contribution in [-0.2, 0) is 9.53 Å². The minimum Gasteiger partial charge on any atom is -0.495 e. The fraction of sp³-hybridized carbons (Fsp3) is 0.208. The van der Waals surface area contributed by atoms with Gasteiger partial charge in [-0.3, -0.25) is 4.98 Å². The van der Waals surface area contributed by atoms with Gasteiger partial charge in [-0.25, -0.2) is 4.79 Å². The number of methoxy groups -OCH3 is 1. The summed E-state index contributed by atoms with van der Waals surface area (Å²) in [6.07, 6.45) is 4.50. The van der Waals surface area contributed by atoms with Crippen LogP contribution in [0.15, 0.2) is 42.6 Å². The molecule has 0 aliphatic heterocycles. The Kier molecular flexibility index (Phi) is 6.93. The number of anilines is 2. The van der Waals surface area contributed by atoms with Gasteiger partial charge in [0.15, 0.2) is 0 Å². The van der Waals surface area contributed by atoms with Gasteiger partial charge in [-0.1, -0.05) is 35.3 Å². The maximum Gasteiger partial charge on any atom is 0.331 e. The summed E-state index contributed by atoms with van der Waals surface area (Å²) in [5.41, 5.74) is 2.26. The molecule has 0 spiro atoms. The number of aromatic nitrogens is 1. The van der Waals surface area contributed by atoms with Crippen molar-refractivity contribution in [1.29, 1.82) is 5.26 Å². The summed E-state index contributed by atoms with van der Waals surface area (Å²) >= 11 is 12.5. The van der Waals surface area contributed by atoms with Crippen LogP contribution in [0.1, 0.15) is 31.9 Å². The highest BCUT2D eigenvalue weighted by molar-refractivity contribution is 6.37. The smallest absolute Gasteiger partial charge is 0.331 e. The fourth-order valence-electron chi connectivity index (χ4n) is 2.95. The summed E-state index contributed by atoms with van der Waals surface area (Å²) in [6, 6.07) is 10.8. The molecule has 0 radical (unpaired) electrons. The van der Waals surface area contributed by atoms with Crippen molar-refractivity contribution in [2.24, 2.45) is 0 Å². The molecule has 0 fully saturated rings. The second kappa shape index (κ2) is 9.47. The van der Waals surface area contributed by atoms with Crippen molar-refractivity contribution in [3.8, 4) is 11.8 Å². The SMILES string of the molecule is COc1cc(Nc2c(C#N)cnc3cc(/C=C/C(=O)OC(C)(C)C)ccc23)c(Cl)cc1Cl. The molecule has 0 unspecified atom stereocenters. The van der Waals surface area contributed by atoms with Crippen LogP contribution < -0.4 is 10.1 Å². The van der Waals surface area contributed by atoms with E-state index in [9.17, 15) is 10.1 Å². The van der Waals surface area contributed by atoms with Gasteiger partial charge in [-0.05, 0) is 44.5 Å². The third-order valence-corrected chi connectivity index (χ3v) is 4.94. The highest BCUT2D eigenvalue weighted by atomic mass is 35.5. The Bertz CT molecular complexity index is 1260. The molecule has 3 rings (SSSR count). The number of halogens is 2. The third-order valence-electron chi connectivity index (χ3n) is 4.33. The lowest BCUT2D eigenvalue weighted by Gasteiger charge is -2.17. The Labute approximate surface area is 196 Å². The van der Waals surface area contributed by atoms with Gasteiger partial charge in [-0.2, -0.15) is 5.26 Å². The second-order valence-corrected chi connectivity index (χ2v) is 8.71. The fourth-order valence-corrected chi connectivity index (χ4v) is 3.46. The lowest BCUT2D eigenvalue weighted by atomic mass is 10.1. The van der Waals surface area contributed by atoms with Crippen molar-refractivity contribution in [2.75, 3.05) is 12.4 Å². The van der Waals surface area contributed by atoms with E-state index < -0.39 is 11.6 Å². The van der Waals surface area contributed by atoms with Crippen molar-refractivity contribution in [2.45, 2.75) is 26.4 Å². The van der Waals surface area contributed by atoms with Crippen molar-refractivity contribution in [3.63, 3.8) is 0 Å². The highest BCUT2D eigenvalue weighted by Crippen LogP contribution is 2.37. The first-order valence-corrected chi connectivity index (χ1v) is 10.4. The number of fused-ring (bicyclic) bond motifs is 1. The topological polar surface area (TPSA) is 84.2 Å². The van der Waals surface area contributed by atoms with Gasteiger partial charge < -0.3 is 14.8 Å². The number of nitrogens with one attached hydrogen (secondary N) is 1. The van der Waals surface area contributed by atoms with E-state index in [-0.39, 0.29) is 0 Å². The van der Waals surface area contributed by atoms with Gasteiger partial charge in [0.1, 0.15) is 17.4 Å². The third kappa shape index (κ3) is 5.50. The number of rotatable bonds is 5. The van der Waals surface area contributed by atoms with E-state index in [2.05, 4.69) is 16.4 Å². The van der Waals surface area contributed by atoms with Gasteiger partial charge in [0.2, 0.25) is 0 Å². The second-order valence-electron chi connectivity index (χ2n) is 7.89. The van der Waals surface area contributed by atoms with Gasteiger partial charge in [0.25, 0.3) is 0 Å². The Morgan fingerprint density at radius 1 is 1.19 bits per heavy atom. The Hall–Kier alpha value is -3.27. The maximum atomic E-state index is 11.9. The summed E-state index contributed by atoms with van der Waals surface area (Å²) in [5.74, 6) is 0.0177. The van der Waals surface area contributed by atoms with E-state index in [4.69, 9.17) is 32.7 Å². The highest BCUT2D eigenvalue weighted by Gasteiger charge is 2.15. The van der Waals surface area contributed by atoms with Gasteiger partial charge in [0.05, 0.1) is 39.6 Å². The summed E-state index contributed by atoms with van der Waals surface area (Å²) < 4.78 is 10.5. The minimum absolute atomic E-state index is 0.347. The first-order valence-electron chi connectivity index (χ1n) is 9.65. The molecule has 0 amide bonds. The number of ether oxygens (including phenoxy) is 2. The van der Waals surface area contributed by atoms with E-state index in [0.717, 1.165) is 5.56 Å². The molecule has 8 heteroatoms. The number of nitrogens with zero attached hydrogens (tertiary/aromatic N) is 2. The molecule has 0 aliphatic carbocycles. The number of carbonyl (C=O) groups is 1. The molecular formula is C24H21Cl2N3O3. The molecule has 0 bridgehead atoms. The van der Waals surface area contributed by atoms with Crippen LogP contribution in [0.25, 0.3) is 17.0 Å². The molecule has 6 nitrogen and oxygen atoms in total. The monoisotopic (exact) mass is 469 g/mol. The summed E-state index contributed by atoms with van der Waals surface area (Å²) in [5, 5.41) is 14.3. The van der Waals surface area contributed by atoms with Crippen molar-refractivity contribution in [1.82, 2.24) is 4.98 Å². The number of hydrogen-bond donors (Lipinski definition) is 1. The molecule has 2 aromatic carbocycles. The van der Waals surface area contributed by atoms with Crippen LogP contribution in [0.3, 0.4) is 0 Å². The maximum absolute atomic E-state index is 11.9. The number of pyridine rings is 1. The van der Waals surface area contributed by atoms with Crippen LogP contribution in [0.5, 0.6) is 5.75 Å². The van der Waals surface area contributed by atoms with Crippen LogP contribution in [0.2, 0.25) is 10.0 Å². The van der Waals surface area contributed by atoms with Crippen LogP contribution in [-0.4, -0.2) is 23.7 Å². The molecule has 1 aromatic heterocycles. The molecule has 0 atom stereocenters. The zero-order valence-electron chi connectivity index (χ0n) is 18.0. The predicted molar refractivity (Wildman–Crippen MR) is 128 cm³/mol. The number of benzene rings is 2. The van der Waals surface area contributed by atoms with Crippen LogP contribution >= 0.6 is 23.2 Å². The zero-order valence-corrected chi connectivity index (χ0v) is 19.5. The summed E-state index contributed by atoms with van der Waals surface area (Å²) in [6.45, 7) is 5.42. The first-order chi connectivity index (χ1) is 15.1. The van der Waals surface area contributed by atoms with E-state index in [1.165, 1.54) is 19.4 Å². The molecule has 32 heavy (non-hydrogen) atoms. The molecule has 1 heterocycles. The largest absolute Gasteiger partial charge is 0.495 e. The lowest BCUT2D eigenvalue weighted by Crippen LogP contribution is -2.22. The van der Waals surface area contributed by atoms with E-state index in [1.54, 1.807) is 18.2 Å². The average molecular weight is 470 g/mol. The molecule has 164 valence electrons. The van der Waals surface area contributed by atoms with Gasteiger partial charge in [0, 0.05) is 23.7 Å². The number of nitriles is 1. The number of hydrogen-bond acceptors (Lipinski definition) is 6. The lowest BCUT2D eigenvalue weighted by molar-refractivity contribution is -0.148. The standard InChI is InChI=1S/C24H21Cl2N3O3/c1-24(2,3)32-22(30)8-6-14-5-7-16-19(9-14)28-13-15(12-27)23(16)29-20-11-21(31-4)18(26)10-17(20)25/h5-11,13H,1-4H3,(H,28,29)/b8-6+. The van der Waals surface area contributed by atoms with Crippen LogP contribution in [0.4, 0.5) is 11.4 Å². The van der Waals surface area contributed by atoms with Gasteiger partial charge >= 0.3 is 5.97 Å². The Balaban J connectivity index is 1.99. The van der Waals surface area contributed by atoms with E-state index >= 15 is 0 Å². The average Bonchev–Trinajstić information content (AvgIpc) is 2.72. The van der Waals surface area contributed by atoms with Gasteiger partial charge in [-0.15, -0.1) is 0 Å². The summed E-state index contributed by atoms with van der Waals surface area (Å²) in [7, 11) is 1.51. The molecule has 0 saturated carbocycles. The molecule has 3 aromatic rings. The normalized spacial score (nSPS) is 11.4. The molecular weight excluding hydrogens is 449 g/mol. The Morgan fingerprint density at radius 3 is 2.59 bits per heavy atom. The zero-order chi connectivity index (χ0) is 23.5. The predicted octanol–water partition coefficient (Wildman–Crippen LogP) is 6.52. The van der Waals surface area contributed by atoms with Crippen molar-refractivity contribution >= 4 is 57.5 Å². The van der Waals surface area contributed by atoms with Crippen molar-refractivity contribution < 1.29 is 14.3 Å². The molecule has 0 saturated heterocycles. The first kappa shape index (κ1) is 23.4. The Morgan fingerprint density at radius 2 is 1.94 bits per heavy atom. The van der Waals surface area contributed by atoms with Crippen LogP contribution in [0, 0.1) is 11.3 Å². The summed E-state index contributed by atoms with van der Waals surface area (Å²) in [4.78, 5) is 16.3. The number of esters is 1. The molecule has 0 aliphatic rings.